The van der Waals surface area contributed by atoms with Gasteiger partial charge in [0, 0.05) is 42.3 Å². The van der Waals surface area contributed by atoms with Crippen molar-refractivity contribution in [3.8, 4) is 22.4 Å². The van der Waals surface area contributed by atoms with E-state index in [2.05, 4.69) is 25.9 Å². The van der Waals surface area contributed by atoms with Crippen molar-refractivity contribution in [3.05, 3.63) is 78.2 Å². The summed E-state index contributed by atoms with van der Waals surface area (Å²) < 4.78 is 1.75. The molecule has 3 amide bonds. The van der Waals surface area contributed by atoms with E-state index in [9.17, 15) is 14.4 Å². The number of carbonyl (C=O) groups is 3. The Morgan fingerprint density at radius 1 is 1.03 bits per heavy atom. The highest BCUT2D eigenvalue weighted by Gasteiger charge is 2.22. The van der Waals surface area contributed by atoms with Crippen LogP contribution in [0.15, 0.2) is 72.6 Å². The zero-order valence-electron chi connectivity index (χ0n) is 20.3. The van der Waals surface area contributed by atoms with Crippen molar-refractivity contribution >= 4 is 34.4 Å². The standard InChI is InChI=1S/C26H26N6O4S/c1-26(2,16-29-25(35)36)32-11-8-20(14-32)23(34)28-13-22(33)31-24-30-21(15-37-24)19-5-3-4-18(12-19)17-6-9-27-10-7-17/h3-12,14-15,29H,13,16H2,1-2H3,(H,28,34)(H,35,36)(H,30,31,33). The van der Waals surface area contributed by atoms with Crippen LogP contribution in [0.4, 0.5) is 9.93 Å². The fraction of sp³-hybridized carbons (Fsp3) is 0.192. The lowest BCUT2D eigenvalue weighted by Crippen LogP contribution is -2.39. The number of carbonyl (C=O) groups excluding carboxylic acids is 2. The predicted molar refractivity (Wildman–Crippen MR) is 142 cm³/mol. The molecule has 0 radical (unpaired) electrons. The van der Waals surface area contributed by atoms with Crippen molar-refractivity contribution in [2.45, 2.75) is 19.4 Å². The zero-order chi connectivity index (χ0) is 26.4. The number of amides is 3. The molecular weight excluding hydrogens is 492 g/mol. The maximum absolute atomic E-state index is 12.5. The van der Waals surface area contributed by atoms with Gasteiger partial charge < -0.3 is 25.6 Å². The molecule has 4 rings (SSSR count). The molecule has 0 aliphatic heterocycles. The van der Waals surface area contributed by atoms with Crippen LogP contribution in [-0.2, 0) is 10.3 Å². The summed E-state index contributed by atoms with van der Waals surface area (Å²) in [6.45, 7) is 3.64. The summed E-state index contributed by atoms with van der Waals surface area (Å²) in [6, 6.07) is 13.4. The van der Waals surface area contributed by atoms with Gasteiger partial charge in [-0.25, -0.2) is 9.78 Å². The van der Waals surface area contributed by atoms with E-state index in [4.69, 9.17) is 5.11 Å². The topological polar surface area (TPSA) is 138 Å². The minimum absolute atomic E-state index is 0.171. The molecular formula is C26H26N6O4S. The van der Waals surface area contributed by atoms with Crippen LogP contribution in [0.5, 0.6) is 0 Å². The Morgan fingerprint density at radius 3 is 2.54 bits per heavy atom. The Balaban J connectivity index is 1.32. The first-order chi connectivity index (χ1) is 17.7. The minimum Gasteiger partial charge on any atom is -0.465 e. The summed E-state index contributed by atoms with van der Waals surface area (Å²) in [5.74, 6) is -0.811. The van der Waals surface area contributed by atoms with E-state index in [1.165, 1.54) is 11.3 Å². The van der Waals surface area contributed by atoms with Crippen LogP contribution in [0.25, 0.3) is 22.4 Å². The second-order valence-corrected chi connectivity index (χ2v) is 9.72. The number of benzene rings is 1. The van der Waals surface area contributed by atoms with Crippen LogP contribution < -0.4 is 16.0 Å². The first-order valence-corrected chi connectivity index (χ1v) is 12.3. The second kappa shape index (κ2) is 11.0. The number of nitrogens with zero attached hydrogens (tertiary/aromatic N) is 3. The summed E-state index contributed by atoms with van der Waals surface area (Å²) in [6.07, 6.45) is 5.68. The van der Waals surface area contributed by atoms with Crippen LogP contribution >= 0.6 is 11.3 Å². The summed E-state index contributed by atoms with van der Waals surface area (Å²) in [5.41, 5.74) is 3.53. The van der Waals surface area contributed by atoms with E-state index in [0.29, 0.717) is 10.7 Å². The van der Waals surface area contributed by atoms with Gasteiger partial charge in [0.25, 0.3) is 5.91 Å². The fourth-order valence-electron chi connectivity index (χ4n) is 3.58. The van der Waals surface area contributed by atoms with Gasteiger partial charge in [-0.3, -0.25) is 14.6 Å². The zero-order valence-corrected chi connectivity index (χ0v) is 21.1. The Kier molecular flexibility index (Phi) is 7.63. The number of hydrogen-bond acceptors (Lipinski definition) is 6. The average Bonchev–Trinajstić information content (AvgIpc) is 3.58. The smallest absolute Gasteiger partial charge is 0.404 e. The highest BCUT2D eigenvalue weighted by molar-refractivity contribution is 7.14. The second-order valence-electron chi connectivity index (χ2n) is 8.86. The van der Waals surface area contributed by atoms with Crippen LogP contribution in [0.1, 0.15) is 24.2 Å². The van der Waals surface area contributed by atoms with E-state index in [1.54, 1.807) is 35.4 Å². The largest absolute Gasteiger partial charge is 0.465 e. The molecule has 0 saturated heterocycles. The van der Waals surface area contributed by atoms with Crippen molar-refractivity contribution < 1.29 is 19.5 Å². The van der Waals surface area contributed by atoms with Gasteiger partial charge in [0.05, 0.1) is 23.3 Å². The third-order valence-corrected chi connectivity index (χ3v) is 6.42. The van der Waals surface area contributed by atoms with Crippen LogP contribution in [-0.4, -0.2) is 50.6 Å². The molecule has 4 aromatic rings. The highest BCUT2D eigenvalue weighted by Crippen LogP contribution is 2.28. The van der Waals surface area contributed by atoms with Crippen molar-refractivity contribution in [1.29, 1.82) is 0 Å². The molecule has 0 atom stereocenters. The van der Waals surface area contributed by atoms with E-state index in [1.807, 2.05) is 55.6 Å². The van der Waals surface area contributed by atoms with Crippen LogP contribution in [0, 0.1) is 0 Å². The quantitative estimate of drug-likeness (QED) is 0.264. The molecule has 0 bridgehead atoms. The third-order valence-electron chi connectivity index (χ3n) is 5.66. The molecule has 4 N–H and O–H groups in total. The SMILES string of the molecule is CC(C)(CNC(=O)O)n1ccc(C(=O)NCC(=O)Nc2nc(-c3cccc(-c4ccncc4)c3)cs2)c1. The van der Waals surface area contributed by atoms with Crippen LogP contribution in [0.3, 0.4) is 0 Å². The molecule has 0 fully saturated rings. The molecule has 0 spiro atoms. The van der Waals surface area contributed by atoms with Gasteiger partial charge in [0.15, 0.2) is 5.13 Å². The summed E-state index contributed by atoms with van der Waals surface area (Å²) in [5, 5.41) is 18.8. The van der Waals surface area contributed by atoms with Crippen molar-refractivity contribution in [3.63, 3.8) is 0 Å². The molecule has 10 nitrogen and oxygen atoms in total. The number of carboxylic acid groups (broad SMARTS) is 1. The van der Waals surface area contributed by atoms with E-state index in [0.717, 1.165) is 22.4 Å². The van der Waals surface area contributed by atoms with Gasteiger partial charge in [0.1, 0.15) is 0 Å². The van der Waals surface area contributed by atoms with Crippen LogP contribution in [0.2, 0.25) is 0 Å². The molecule has 11 heteroatoms. The van der Waals surface area contributed by atoms with Crippen molar-refractivity contribution in [2.24, 2.45) is 0 Å². The third kappa shape index (κ3) is 6.58. The fourth-order valence-corrected chi connectivity index (χ4v) is 4.32. The molecule has 0 aliphatic carbocycles. The lowest BCUT2D eigenvalue weighted by atomic mass is 10.0. The number of hydrogen-bond donors (Lipinski definition) is 4. The molecule has 3 heterocycles. The molecule has 190 valence electrons. The number of rotatable bonds is 9. The predicted octanol–water partition coefficient (Wildman–Crippen LogP) is 4.04. The van der Waals surface area contributed by atoms with Gasteiger partial charge in [-0.1, -0.05) is 18.2 Å². The maximum atomic E-state index is 12.5. The van der Waals surface area contributed by atoms with Gasteiger partial charge in [-0.05, 0) is 49.2 Å². The number of nitrogens with one attached hydrogen (secondary N) is 3. The number of aromatic nitrogens is 3. The molecule has 0 unspecified atom stereocenters. The first-order valence-electron chi connectivity index (χ1n) is 11.4. The lowest BCUT2D eigenvalue weighted by Gasteiger charge is -2.26. The Bertz CT molecular complexity index is 1410. The van der Waals surface area contributed by atoms with Crippen molar-refractivity contribution in [2.75, 3.05) is 18.4 Å². The van der Waals surface area contributed by atoms with Gasteiger partial charge in [-0.2, -0.15) is 0 Å². The first kappa shape index (κ1) is 25.6. The van der Waals surface area contributed by atoms with Gasteiger partial charge in [0.2, 0.25) is 5.91 Å². The normalized spacial score (nSPS) is 11.1. The van der Waals surface area contributed by atoms with E-state index in [-0.39, 0.29) is 13.1 Å². The van der Waals surface area contributed by atoms with E-state index < -0.39 is 23.4 Å². The maximum Gasteiger partial charge on any atom is 0.404 e. The summed E-state index contributed by atoms with van der Waals surface area (Å²) >= 11 is 1.30. The highest BCUT2D eigenvalue weighted by atomic mass is 32.1. The Labute approximate surface area is 217 Å². The molecule has 0 aliphatic rings. The number of anilines is 1. The molecule has 37 heavy (non-hydrogen) atoms. The van der Waals surface area contributed by atoms with Gasteiger partial charge >= 0.3 is 6.09 Å². The minimum atomic E-state index is -1.12. The lowest BCUT2D eigenvalue weighted by molar-refractivity contribution is -0.115. The number of pyridine rings is 1. The molecule has 0 saturated carbocycles. The number of thiazole rings is 1. The molecule has 1 aromatic carbocycles. The monoisotopic (exact) mass is 518 g/mol. The Morgan fingerprint density at radius 2 is 1.78 bits per heavy atom. The van der Waals surface area contributed by atoms with E-state index >= 15 is 0 Å². The summed E-state index contributed by atoms with van der Waals surface area (Å²) in [4.78, 5) is 44.3. The van der Waals surface area contributed by atoms with Crippen molar-refractivity contribution in [1.82, 2.24) is 25.2 Å². The Hall–Kier alpha value is -4.51. The molecule has 3 aromatic heterocycles. The van der Waals surface area contributed by atoms with Gasteiger partial charge in [-0.15, -0.1) is 11.3 Å². The summed E-state index contributed by atoms with van der Waals surface area (Å²) in [7, 11) is 0. The average molecular weight is 519 g/mol.